The Morgan fingerprint density at radius 2 is 2.04 bits per heavy atom. The number of carbonyl (C=O) groups excluding carboxylic acids is 1. The lowest BCUT2D eigenvalue weighted by molar-refractivity contribution is -0.139. The Bertz CT molecular complexity index is 672. The van der Waals surface area contributed by atoms with Crippen molar-refractivity contribution < 1.29 is 4.79 Å². The molecule has 0 N–H and O–H groups in total. The molecule has 1 fully saturated rings. The van der Waals surface area contributed by atoms with Gasteiger partial charge in [0.2, 0.25) is 5.91 Å². The molecule has 122 valence electrons. The fourth-order valence-electron chi connectivity index (χ4n) is 3.02. The fraction of sp³-hybridized carbons (Fsp3) is 0.412. The summed E-state index contributed by atoms with van der Waals surface area (Å²) in [5, 5.41) is 4.72. The first-order valence-corrected chi connectivity index (χ1v) is 8.17. The van der Waals surface area contributed by atoms with Crippen LogP contribution in [0.3, 0.4) is 0 Å². The third kappa shape index (κ3) is 3.41. The summed E-state index contributed by atoms with van der Waals surface area (Å²) >= 11 is 5.92. The van der Waals surface area contributed by atoms with Crippen molar-refractivity contribution in [1.29, 1.82) is 0 Å². The van der Waals surface area contributed by atoms with Gasteiger partial charge in [-0.2, -0.15) is 5.10 Å². The topological polar surface area (TPSA) is 41.4 Å². The number of carbonyl (C=O) groups is 1. The molecule has 1 aromatic carbocycles. The number of nitrogens with zero attached hydrogens (tertiary/aromatic N) is 4. The Balaban J connectivity index is 1.84. The standard InChI is InChI=1S/C17H21ClN4O/c1-13(22-11-15(18)10-19-22)17(23)21-9-8-20(2)12-16(21)14-6-4-3-5-7-14/h3-7,10-11,13,16H,8-9,12H2,1-2H3/t13-,16+/m1/s1. The van der Waals surface area contributed by atoms with Gasteiger partial charge in [-0.05, 0) is 19.5 Å². The van der Waals surface area contributed by atoms with Crippen LogP contribution in [-0.4, -0.2) is 52.2 Å². The van der Waals surface area contributed by atoms with E-state index in [9.17, 15) is 4.79 Å². The van der Waals surface area contributed by atoms with Crippen LogP contribution in [0, 0.1) is 0 Å². The van der Waals surface area contributed by atoms with Crippen molar-refractivity contribution >= 4 is 17.5 Å². The number of hydrogen-bond donors (Lipinski definition) is 0. The molecule has 0 radical (unpaired) electrons. The average molecular weight is 333 g/mol. The average Bonchev–Trinajstić information content (AvgIpc) is 3.01. The molecule has 3 rings (SSSR count). The molecule has 0 unspecified atom stereocenters. The van der Waals surface area contributed by atoms with Crippen LogP contribution in [0.1, 0.15) is 24.6 Å². The zero-order valence-corrected chi connectivity index (χ0v) is 14.1. The quantitative estimate of drug-likeness (QED) is 0.867. The minimum absolute atomic E-state index is 0.0657. The second kappa shape index (κ2) is 6.72. The first kappa shape index (κ1) is 16.0. The lowest BCUT2D eigenvalue weighted by Crippen LogP contribution is -2.50. The van der Waals surface area contributed by atoms with Crippen molar-refractivity contribution in [2.75, 3.05) is 26.7 Å². The smallest absolute Gasteiger partial charge is 0.247 e. The number of rotatable bonds is 3. The highest BCUT2D eigenvalue weighted by molar-refractivity contribution is 6.30. The van der Waals surface area contributed by atoms with E-state index < -0.39 is 0 Å². The number of piperazine rings is 1. The third-order valence-electron chi connectivity index (χ3n) is 4.38. The monoisotopic (exact) mass is 332 g/mol. The molecular formula is C17H21ClN4O. The molecule has 1 aliphatic heterocycles. The largest absolute Gasteiger partial charge is 0.331 e. The lowest BCUT2D eigenvalue weighted by atomic mass is 10.0. The highest BCUT2D eigenvalue weighted by Gasteiger charge is 2.33. The molecule has 23 heavy (non-hydrogen) atoms. The van der Waals surface area contributed by atoms with E-state index in [1.807, 2.05) is 30.0 Å². The van der Waals surface area contributed by atoms with Gasteiger partial charge >= 0.3 is 0 Å². The van der Waals surface area contributed by atoms with Crippen LogP contribution in [0.15, 0.2) is 42.7 Å². The summed E-state index contributed by atoms with van der Waals surface area (Å²) in [6.07, 6.45) is 3.25. The van der Waals surface area contributed by atoms with Crippen LogP contribution < -0.4 is 0 Å². The van der Waals surface area contributed by atoms with E-state index in [2.05, 4.69) is 29.2 Å². The predicted octanol–water partition coefficient (Wildman–Crippen LogP) is 2.61. The normalized spacial score (nSPS) is 20.5. The number of amides is 1. The molecule has 2 aromatic rings. The number of benzene rings is 1. The number of aromatic nitrogens is 2. The van der Waals surface area contributed by atoms with Crippen molar-refractivity contribution in [2.45, 2.75) is 19.0 Å². The summed E-state index contributed by atoms with van der Waals surface area (Å²) < 4.78 is 1.63. The first-order chi connectivity index (χ1) is 11.1. The summed E-state index contributed by atoms with van der Waals surface area (Å²) in [4.78, 5) is 17.2. The summed E-state index contributed by atoms with van der Waals surface area (Å²) in [5.74, 6) is 0.0757. The van der Waals surface area contributed by atoms with E-state index in [4.69, 9.17) is 11.6 Å². The van der Waals surface area contributed by atoms with Gasteiger partial charge in [0.05, 0.1) is 17.3 Å². The lowest BCUT2D eigenvalue weighted by Gasteiger charge is -2.41. The highest BCUT2D eigenvalue weighted by Crippen LogP contribution is 2.27. The Morgan fingerprint density at radius 1 is 1.30 bits per heavy atom. The number of halogens is 1. The van der Waals surface area contributed by atoms with Crippen LogP contribution in [-0.2, 0) is 4.79 Å². The zero-order valence-electron chi connectivity index (χ0n) is 13.4. The summed E-state index contributed by atoms with van der Waals surface area (Å²) in [6, 6.07) is 9.90. The van der Waals surface area contributed by atoms with E-state index in [0.29, 0.717) is 11.6 Å². The molecule has 0 bridgehead atoms. The molecule has 0 aliphatic carbocycles. The van der Waals surface area contributed by atoms with Gasteiger partial charge in [0, 0.05) is 25.8 Å². The number of likely N-dealkylation sites (N-methyl/N-ethyl adjacent to an activating group) is 1. The van der Waals surface area contributed by atoms with Gasteiger partial charge in [-0.1, -0.05) is 41.9 Å². The molecule has 0 saturated carbocycles. The van der Waals surface area contributed by atoms with E-state index in [0.717, 1.165) is 18.7 Å². The van der Waals surface area contributed by atoms with Gasteiger partial charge in [0.15, 0.2) is 0 Å². The van der Waals surface area contributed by atoms with Crippen molar-refractivity contribution in [1.82, 2.24) is 19.6 Å². The second-order valence-corrected chi connectivity index (χ2v) is 6.47. The van der Waals surface area contributed by atoms with E-state index in [1.54, 1.807) is 17.1 Å². The molecule has 1 amide bonds. The second-order valence-electron chi connectivity index (χ2n) is 6.03. The van der Waals surface area contributed by atoms with E-state index >= 15 is 0 Å². The van der Waals surface area contributed by atoms with Crippen LogP contribution in [0.5, 0.6) is 0 Å². The first-order valence-electron chi connectivity index (χ1n) is 7.80. The number of hydrogen-bond acceptors (Lipinski definition) is 3. The SMILES string of the molecule is C[C@H](C(=O)N1CCN(C)C[C@H]1c1ccccc1)n1cc(Cl)cn1. The molecule has 2 atom stereocenters. The maximum atomic E-state index is 13.0. The fourth-order valence-corrected chi connectivity index (χ4v) is 3.17. The molecule has 5 nitrogen and oxygen atoms in total. The maximum Gasteiger partial charge on any atom is 0.247 e. The Hall–Kier alpha value is -1.85. The summed E-state index contributed by atoms with van der Waals surface area (Å²) in [6.45, 7) is 4.30. The van der Waals surface area contributed by atoms with Gasteiger partial charge in [0.25, 0.3) is 0 Å². The molecule has 0 spiro atoms. The van der Waals surface area contributed by atoms with E-state index in [-0.39, 0.29) is 18.0 Å². The molecule has 1 aliphatic rings. The van der Waals surface area contributed by atoms with Crippen LogP contribution >= 0.6 is 11.6 Å². The molecule has 6 heteroatoms. The van der Waals surface area contributed by atoms with Gasteiger partial charge < -0.3 is 9.80 Å². The minimum Gasteiger partial charge on any atom is -0.331 e. The zero-order chi connectivity index (χ0) is 16.4. The Morgan fingerprint density at radius 3 is 2.70 bits per heavy atom. The minimum atomic E-state index is -0.364. The van der Waals surface area contributed by atoms with Gasteiger partial charge in [-0.25, -0.2) is 0 Å². The van der Waals surface area contributed by atoms with Crippen molar-refractivity contribution in [3.63, 3.8) is 0 Å². The van der Waals surface area contributed by atoms with Crippen LogP contribution in [0.25, 0.3) is 0 Å². The van der Waals surface area contributed by atoms with Crippen molar-refractivity contribution in [3.8, 4) is 0 Å². The summed E-state index contributed by atoms with van der Waals surface area (Å²) in [7, 11) is 2.09. The van der Waals surface area contributed by atoms with Crippen molar-refractivity contribution in [2.24, 2.45) is 0 Å². The molecule has 2 heterocycles. The Labute approximate surface area is 141 Å². The third-order valence-corrected chi connectivity index (χ3v) is 4.57. The van der Waals surface area contributed by atoms with Crippen LogP contribution in [0.2, 0.25) is 5.02 Å². The maximum absolute atomic E-state index is 13.0. The van der Waals surface area contributed by atoms with Crippen molar-refractivity contribution in [3.05, 3.63) is 53.3 Å². The van der Waals surface area contributed by atoms with Gasteiger partial charge in [-0.15, -0.1) is 0 Å². The predicted molar refractivity (Wildman–Crippen MR) is 90.3 cm³/mol. The van der Waals surface area contributed by atoms with E-state index in [1.165, 1.54) is 0 Å². The van der Waals surface area contributed by atoms with Crippen LogP contribution in [0.4, 0.5) is 0 Å². The molecule has 1 saturated heterocycles. The highest BCUT2D eigenvalue weighted by atomic mass is 35.5. The van der Waals surface area contributed by atoms with Gasteiger partial charge in [0.1, 0.15) is 6.04 Å². The molecule has 1 aromatic heterocycles. The summed E-state index contributed by atoms with van der Waals surface area (Å²) in [5.41, 5.74) is 1.16. The van der Waals surface area contributed by atoms with Gasteiger partial charge in [-0.3, -0.25) is 9.48 Å². The Kier molecular flexibility index (Phi) is 4.68. The molecular weight excluding hydrogens is 312 g/mol.